The first-order chi connectivity index (χ1) is 7.76. The van der Waals surface area contributed by atoms with Crippen molar-refractivity contribution in [2.45, 2.75) is 26.4 Å². The van der Waals surface area contributed by atoms with E-state index >= 15 is 0 Å². The Morgan fingerprint density at radius 2 is 2.25 bits per heavy atom. The van der Waals surface area contributed by atoms with Crippen LogP contribution in [-0.4, -0.2) is 31.2 Å². The number of aryl methyl sites for hydroxylation is 2. The standard InChI is InChI=1S/C10H15N5O/c1-7-13-8(5-11)9-10(14-7)15(6-12-9)3-2-4-16/h6,16H,2-5,11H2,1H3. The van der Waals surface area contributed by atoms with Crippen molar-refractivity contribution in [1.82, 2.24) is 19.5 Å². The first-order valence-corrected chi connectivity index (χ1v) is 5.25. The topological polar surface area (TPSA) is 89.8 Å². The van der Waals surface area contributed by atoms with Gasteiger partial charge in [-0.05, 0) is 13.3 Å². The molecular weight excluding hydrogens is 206 g/mol. The summed E-state index contributed by atoms with van der Waals surface area (Å²) in [6.07, 6.45) is 2.40. The molecule has 0 amide bonds. The Bertz CT molecular complexity index is 493. The molecule has 2 aromatic heterocycles. The molecule has 0 radical (unpaired) electrons. The van der Waals surface area contributed by atoms with Crippen molar-refractivity contribution in [1.29, 1.82) is 0 Å². The molecule has 0 aliphatic rings. The Morgan fingerprint density at radius 3 is 2.94 bits per heavy atom. The van der Waals surface area contributed by atoms with E-state index < -0.39 is 0 Å². The van der Waals surface area contributed by atoms with Crippen LogP contribution < -0.4 is 5.73 Å². The van der Waals surface area contributed by atoms with Gasteiger partial charge in [0.2, 0.25) is 0 Å². The number of hydrogen-bond donors (Lipinski definition) is 2. The van der Waals surface area contributed by atoms with E-state index in [0.717, 1.165) is 16.9 Å². The van der Waals surface area contributed by atoms with E-state index in [2.05, 4.69) is 15.0 Å². The number of aliphatic hydroxyl groups excluding tert-OH is 1. The van der Waals surface area contributed by atoms with Crippen LogP contribution in [0.2, 0.25) is 0 Å². The van der Waals surface area contributed by atoms with E-state index in [0.29, 0.717) is 25.3 Å². The quantitative estimate of drug-likeness (QED) is 0.757. The number of aliphatic hydroxyl groups is 1. The minimum atomic E-state index is 0.160. The van der Waals surface area contributed by atoms with Gasteiger partial charge in [0, 0.05) is 19.7 Å². The fraction of sp³-hybridized carbons (Fsp3) is 0.500. The third-order valence-corrected chi connectivity index (χ3v) is 2.40. The highest BCUT2D eigenvalue weighted by Crippen LogP contribution is 2.14. The van der Waals surface area contributed by atoms with Crippen LogP contribution in [0.25, 0.3) is 11.2 Å². The summed E-state index contributed by atoms with van der Waals surface area (Å²) in [4.78, 5) is 12.9. The highest BCUT2D eigenvalue weighted by molar-refractivity contribution is 5.73. The summed E-state index contributed by atoms with van der Waals surface area (Å²) in [6.45, 7) is 3.06. The molecule has 0 saturated carbocycles. The van der Waals surface area contributed by atoms with E-state index in [9.17, 15) is 0 Å². The number of nitrogens with two attached hydrogens (primary N) is 1. The van der Waals surface area contributed by atoms with Gasteiger partial charge in [0.15, 0.2) is 5.65 Å². The van der Waals surface area contributed by atoms with Crippen molar-refractivity contribution in [2.24, 2.45) is 5.73 Å². The van der Waals surface area contributed by atoms with E-state index in [1.807, 2.05) is 11.5 Å². The lowest BCUT2D eigenvalue weighted by Crippen LogP contribution is -2.06. The number of fused-ring (bicyclic) bond motifs is 1. The predicted molar refractivity (Wildman–Crippen MR) is 59.7 cm³/mol. The van der Waals surface area contributed by atoms with Gasteiger partial charge in [-0.3, -0.25) is 0 Å². The van der Waals surface area contributed by atoms with Gasteiger partial charge >= 0.3 is 0 Å². The van der Waals surface area contributed by atoms with Crippen LogP contribution in [-0.2, 0) is 13.1 Å². The monoisotopic (exact) mass is 221 g/mol. The number of rotatable bonds is 4. The molecule has 2 heterocycles. The Labute approximate surface area is 93.1 Å². The van der Waals surface area contributed by atoms with Crippen molar-refractivity contribution >= 4 is 11.2 Å². The second-order valence-electron chi connectivity index (χ2n) is 3.61. The van der Waals surface area contributed by atoms with E-state index in [1.54, 1.807) is 6.33 Å². The second kappa shape index (κ2) is 4.54. The molecule has 0 aromatic carbocycles. The summed E-state index contributed by atoms with van der Waals surface area (Å²) < 4.78 is 1.92. The Kier molecular flexibility index (Phi) is 3.12. The summed E-state index contributed by atoms with van der Waals surface area (Å²) in [5.74, 6) is 0.693. The summed E-state index contributed by atoms with van der Waals surface area (Å²) in [5.41, 5.74) is 7.93. The molecule has 0 bridgehead atoms. The van der Waals surface area contributed by atoms with Gasteiger partial charge < -0.3 is 15.4 Å². The largest absolute Gasteiger partial charge is 0.396 e. The summed E-state index contributed by atoms with van der Waals surface area (Å²) in [6, 6.07) is 0. The first kappa shape index (κ1) is 11.0. The van der Waals surface area contributed by atoms with Crippen molar-refractivity contribution in [3.8, 4) is 0 Å². The minimum Gasteiger partial charge on any atom is -0.396 e. The van der Waals surface area contributed by atoms with E-state index in [4.69, 9.17) is 10.8 Å². The fourth-order valence-corrected chi connectivity index (χ4v) is 1.67. The molecule has 0 unspecified atom stereocenters. The molecule has 0 saturated heterocycles. The fourth-order valence-electron chi connectivity index (χ4n) is 1.67. The zero-order valence-electron chi connectivity index (χ0n) is 9.22. The molecule has 3 N–H and O–H groups in total. The average Bonchev–Trinajstić information content (AvgIpc) is 2.68. The molecular formula is C10H15N5O. The maximum atomic E-state index is 8.81. The van der Waals surface area contributed by atoms with Crippen LogP contribution in [0.15, 0.2) is 6.33 Å². The highest BCUT2D eigenvalue weighted by Gasteiger charge is 2.10. The smallest absolute Gasteiger partial charge is 0.163 e. The molecule has 6 heteroatoms. The van der Waals surface area contributed by atoms with Crippen LogP contribution in [0.1, 0.15) is 17.9 Å². The number of hydrogen-bond acceptors (Lipinski definition) is 5. The molecule has 6 nitrogen and oxygen atoms in total. The van der Waals surface area contributed by atoms with Crippen LogP contribution in [0, 0.1) is 6.92 Å². The lowest BCUT2D eigenvalue weighted by atomic mass is 10.3. The zero-order valence-corrected chi connectivity index (χ0v) is 9.22. The SMILES string of the molecule is Cc1nc(CN)c2ncn(CCCO)c2n1. The van der Waals surface area contributed by atoms with Crippen LogP contribution >= 0.6 is 0 Å². The van der Waals surface area contributed by atoms with Gasteiger partial charge in [0.25, 0.3) is 0 Å². The van der Waals surface area contributed by atoms with E-state index in [1.165, 1.54) is 0 Å². The summed E-state index contributed by atoms with van der Waals surface area (Å²) >= 11 is 0. The number of aromatic nitrogens is 4. The first-order valence-electron chi connectivity index (χ1n) is 5.25. The maximum Gasteiger partial charge on any atom is 0.163 e. The molecule has 2 rings (SSSR count). The lowest BCUT2D eigenvalue weighted by Gasteiger charge is -2.03. The summed E-state index contributed by atoms with van der Waals surface area (Å²) in [5, 5.41) is 8.81. The molecule has 0 atom stereocenters. The van der Waals surface area contributed by atoms with Crippen molar-refractivity contribution in [3.05, 3.63) is 17.8 Å². The predicted octanol–water partition coefficient (Wildman–Crippen LogP) is -0.0242. The lowest BCUT2D eigenvalue weighted by molar-refractivity contribution is 0.280. The van der Waals surface area contributed by atoms with Crippen molar-refractivity contribution in [2.75, 3.05) is 6.61 Å². The van der Waals surface area contributed by atoms with Crippen molar-refractivity contribution < 1.29 is 5.11 Å². The van der Waals surface area contributed by atoms with Crippen LogP contribution in [0.3, 0.4) is 0 Å². The Morgan fingerprint density at radius 1 is 1.44 bits per heavy atom. The van der Waals surface area contributed by atoms with Crippen molar-refractivity contribution in [3.63, 3.8) is 0 Å². The van der Waals surface area contributed by atoms with Crippen LogP contribution in [0.4, 0.5) is 0 Å². The maximum absolute atomic E-state index is 8.81. The molecule has 0 aliphatic heterocycles. The number of imidazole rings is 1. The van der Waals surface area contributed by atoms with Crippen LogP contribution in [0.5, 0.6) is 0 Å². The summed E-state index contributed by atoms with van der Waals surface area (Å²) in [7, 11) is 0. The average molecular weight is 221 g/mol. The Balaban J connectivity index is 2.49. The number of nitrogens with zero attached hydrogens (tertiary/aromatic N) is 4. The van der Waals surface area contributed by atoms with Gasteiger partial charge in [-0.2, -0.15) is 0 Å². The Hall–Kier alpha value is -1.53. The minimum absolute atomic E-state index is 0.160. The van der Waals surface area contributed by atoms with E-state index in [-0.39, 0.29) is 6.61 Å². The van der Waals surface area contributed by atoms with Gasteiger partial charge in [-0.25, -0.2) is 15.0 Å². The molecule has 0 spiro atoms. The third-order valence-electron chi connectivity index (χ3n) is 2.40. The normalized spacial score (nSPS) is 11.2. The third kappa shape index (κ3) is 1.89. The molecule has 16 heavy (non-hydrogen) atoms. The van der Waals surface area contributed by atoms with Gasteiger partial charge in [-0.1, -0.05) is 0 Å². The molecule has 2 aromatic rings. The molecule has 86 valence electrons. The molecule has 0 fully saturated rings. The van der Waals surface area contributed by atoms with Gasteiger partial charge in [0.05, 0.1) is 12.0 Å². The highest BCUT2D eigenvalue weighted by atomic mass is 16.3. The zero-order chi connectivity index (χ0) is 11.5. The second-order valence-corrected chi connectivity index (χ2v) is 3.61. The van der Waals surface area contributed by atoms with Gasteiger partial charge in [-0.15, -0.1) is 0 Å². The van der Waals surface area contributed by atoms with Gasteiger partial charge in [0.1, 0.15) is 11.3 Å². The molecule has 0 aliphatic carbocycles.